The molecule has 2 rings (SSSR count). The molecule has 1 heterocycles. The van der Waals surface area contributed by atoms with Crippen molar-refractivity contribution >= 4 is 23.5 Å². The molecule has 7 nitrogen and oxygen atoms in total. The Morgan fingerprint density at radius 2 is 1.96 bits per heavy atom. The summed E-state index contributed by atoms with van der Waals surface area (Å²) in [7, 11) is 3.59. The lowest BCUT2D eigenvalue weighted by Gasteiger charge is -2.25. The summed E-state index contributed by atoms with van der Waals surface area (Å²) in [5.74, 6) is -4.50. The van der Waals surface area contributed by atoms with E-state index < -0.39 is 41.9 Å². The molecule has 1 aliphatic rings. The van der Waals surface area contributed by atoms with Crippen molar-refractivity contribution in [3.05, 3.63) is 29.8 Å². The second-order valence-corrected chi connectivity index (χ2v) is 6.46. The summed E-state index contributed by atoms with van der Waals surface area (Å²) in [6, 6.07) is 2.86. The monoisotopic (exact) mass is 369 g/mol. The maximum absolute atomic E-state index is 13.9. The first kappa shape index (κ1) is 19.8. The highest BCUT2D eigenvalue weighted by atomic mass is 19.1. The lowest BCUT2D eigenvalue weighted by molar-refractivity contribution is -0.146. The number of amides is 2. The first-order chi connectivity index (χ1) is 12.2. The zero-order valence-corrected chi connectivity index (χ0v) is 14.6. The molecule has 1 N–H and O–H groups in total. The predicted molar refractivity (Wildman–Crippen MR) is 89.6 cm³/mol. The van der Waals surface area contributed by atoms with Crippen LogP contribution < -0.4 is 4.90 Å². The van der Waals surface area contributed by atoms with Gasteiger partial charge in [-0.2, -0.15) is 0 Å². The normalized spacial score (nSPS) is 17.0. The van der Waals surface area contributed by atoms with Gasteiger partial charge in [-0.05, 0) is 26.2 Å². The summed E-state index contributed by atoms with van der Waals surface area (Å²) >= 11 is 0. The lowest BCUT2D eigenvalue weighted by Crippen LogP contribution is -2.43. The van der Waals surface area contributed by atoms with Crippen LogP contribution in [0.25, 0.3) is 0 Å². The van der Waals surface area contributed by atoms with E-state index in [1.807, 2.05) is 4.90 Å². The van der Waals surface area contributed by atoms with Crippen molar-refractivity contribution in [1.82, 2.24) is 9.80 Å². The summed E-state index contributed by atoms with van der Waals surface area (Å²) in [6.45, 7) is 0.129. The third-order valence-electron chi connectivity index (χ3n) is 4.13. The third kappa shape index (κ3) is 4.75. The summed E-state index contributed by atoms with van der Waals surface area (Å²) in [5, 5.41) is 9.02. The van der Waals surface area contributed by atoms with Gasteiger partial charge in [-0.25, -0.2) is 8.78 Å². The van der Waals surface area contributed by atoms with Gasteiger partial charge in [0.1, 0.15) is 18.2 Å². The Morgan fingerprint density at radius 1 is 1.27 bits per heavy atom. The fourth-order valence-electron chi connectivity index (χ4n) is 2.82. The molecule has 0 aliphatic carbocycles. The van der Waals surface area contributed by atoms with Crippen LogP contribution in [0.5, 0.6) is 0 Å². The maximum Gasteiger partial charge on any atom is 0.323 e. The van der Waals surface area contributed by atoms with E-state index in [2.05, 4.69) is 0 Å². The largest absolute Gasteiger partial charge is 0.480 e. The Hall–Kier alpha value is -2.55. The molecule has 1 aliphatic heterocycles. The van der Waals surface area contributed by atoms with Crippen LogP contribution >= 0.6 is 0 Å². The van der Waals surface area contributed by atoms with Crippen molar-refractivity contribution in [3.63, 3.8) is 0 Å². The molecule has 2 amide bonds. The van der Waals surface area contributed by atoms with E-state index in [4.69, 9.17) is 5.11 Å². The van der Waals surface area contributed by atoms with Gasteiger partial charge in [0.15, 0.2) is 0 Å². The fraction of sp³-hybridized carbons (Fsp3) is 0.471. The number of carbonyl (C=O) groups is 3. The second kappa shape index (κ2) is 8.22. The van der Waals surface area contributed by atoms with Crippen LogP contribution in [0.3, 0.4) is 0 Å². The average molecular weight is 369 g/mol. The van der Waals surface area contributed by atoms with Crippen molar-refractivity contribution < 1.29 is 28.3 Å². The van der Waals surface area contributed by atoms with Gasteiger partial charge in [0.05, 0.1) is 11.6 Å². The highest BCUT2D eigenvalue weighted by Crippen LogP contribution is 2.28. The number of halogens is 2. The molecule has 0 saturated carbocycles. The van der Waals surface area contributed by atoms with Crippen molar-refractivity contribution in [2.24, 2.45) is 5.92 Å². The Balaban J connectivity index is 2.13. The summed E-state index contributed by atoms with van der Waals surface area (Å²) in [6.07, 6.45) is -0.145. The molecule has 0 bridgehead atoms. The molecule has 0 aromatic heterocycles. The zero-order valence-electron chi connectivity index (χ0n) is 14.6. The Morgan fingerprint density at radius 3 is 2.54 bits per heavy atom. The second-order valence-electron chi connectivity index (χ2n) is 6.46. The molecule has 1 atom stereocenters. The number of nitrogens with zero attached hydrogens (tertiary/aromatic N) is 3. The van der Waals surface area contributed by atoms with Crippen LogP contribution in [0.4, 0.5) is 14.5 Å². The number of rotatable bonds is 7. The van der Waals surface area contributed by atoms with Crippen LogP contribution in [0.15, 0.2) is 18.2 Å². The molecule has 142 valence electrons. The Bertz CT molecular complexity index is 711. The van der Waals surface area contributed by atoms with Gasteiger partial charge < -0.3 is 19.8 Å². The van der Waals surface area contributed by atoms with Crippen LogP contribution in [0.2, 0.25) is 0 Å². The quantitative estimate of drug-likeness (QED) is 0.769. The smallest absolute Gasteiger partial charge is 0.323 e. The molecule has 1 fully saturated rings. The SMILES string of the molecule is CN(C)CCN(CC(=O)O)C(=O)C1CC(=O)N(c2ccc(F)cc2F)C1. The van der Waals surface area contributed by atoms with Crippen molar-refractivity contribution in [3.8, 4) is 0 Å². The van der Waals surface area contributed by atoms with Crippen molar-refractivity contribution in [2.75, 3.05) is 45.2 Å². The van der Waals surface area contributed by atoms with E-state index in [1.54, 1.807) is 14.1 Å². The van der Waals surface area contributed by atoms with E-state index in [0.717, 1.165) is 17.0 Å². The van der Waals surface area contributed by atoms with Crippen LogP contribution in [-0.4, -0.2) is 73.0 Å². The van der Waals surface area contributed by atoms with E-state index >= 15 is 0 Å². The molecule has 9 heteroatoms. The highest BCUT2D eigenvalue weighted by Gasteiger charge is 2.38. The molecule has 0 radical (unpaired) electrons. The lowest BCUT2D eigenvalue weighted by atomic mass is 10.1. The first-order valence-corrected chi connectivity index (χ1v) is 8.09. The van der Waals surface area contributed by atoms with Gasteiger partial charge in [-0.15, -0.1) is 0 Å². The molecule has 1 aromatic rings. The number of carbonyl (C=O) groups excluding carboxylic acids is 2. The number of likely N-dealkylation sites (N-methyl/N-ethyl adjacent to an activating group) is 1. The number of anilines is 1. The Kier molecular flexibility index (Phi) is 6.25. The molecule has 0 spiro atoms. The minimum atomic E-state index is -1.15. The summed E-state index contributed by atoms with van der Waals surface area (Å²) in [5.41, 5.74) is -0.0928. The molecule has 1 unspecified atom stereocenters. The van der Waals surface area contributed by atoms with Crippen molar-refractivity contribution in [2.45, 2.75) is 6.42 Å². The van der Waals surface area contributed by atoms with Gasteiger partial charge >= 0.3 is 5.97 Å². The average Bonchev–Trinajstić information content (AvgIpc) is 2.92. The minimum absolute atomic E-state index is 0.0711. The number of hydrogen-bond donors (Lipinski definition) is 1. The highest BCUT2D eigenvalue weighted by molar-refractivity contribution is 6.00. The molecule has 26 heavy (non-hydrogen) atoms. The van der Waals surface area contributed by atoms with Gasteiger partial charge in [-0.3, -0.25) is 14.4 Å². The first-order valence-electron chi connectivity index (χ1n) is 8.09. The molecule has 1 saturated heterocycles. The van der Waals surface area contributed by atoms with E-state index in [9.17, 15) is 23.2 Å². The van der Waals surface area contributed by atoms with Crippen LogP contribution in [0.1, 0.15) is 6.42 Å². The van der Waals surface area contributed by atoms with Gasteiger partial charge in [-0.1, -0.05) is 0 Å². The van der Waals surface area contributed by atoms with E-state index in [-0.39, 0.29) is 25.2 Å². The maximum atomic E-state index is 13.9. The predicted octanol–water partition coefficient (Wildman–Crippen LogP) is 0.793. The van der Waals surface area contributed by atoms with E-state index in [1.165, 1.54) is 4.90 Å². The van der Waals surface area contributed by atoms with Crippen LogP contribution in [0, 0.1) is 17.6 Å². The van der Waals surface area contributed by atoms with Crippen molar-refractivity contribution in [1.29, 1.82) is 0 Å². The number of aliphatic carboxylic acids is 1. The van der Waals surface area contributed by atoms with Gasteiger partial charge in [0.2, 0.25) is 11.8 Å². The van der Waals surface area contributed by atoms with E-state index in [0.29, 0.717) is 12.6 Å². The molecular formula is C17H21F2N3O4. The summed E-state index contributed by atoms with van der Waals surface area (Å²) < 4.78 is 27.0. The van der Waals surface area contributed by atoms with Gasteiger partial charge in [0.25, 0.3) is 0 Å². The number of hydrogen-bond acceptors (Lipinski definition) is 4. The number of benzene rings is 1. The van der Waals surface area contributed by atoms with Gasteiger partial charge in [0, 0.05) is 32.1 Å². The molecular weight excluding hydrogens is 348 g/mol. The standard InChI is InChI=1S/C17H21F2N3O4/c1-20(2)5-6-21(10-16(24)25)17(26)11-7-15(23)22(9-11)14-4-3-12(18)8-13(14)19/h3-4,8,11H,5-7,9-10H2,1-2H3,(H,24,25). The summed E-state index contributed by atoms with van der Waals surface area (Å²) in [4.78, 5) is 40.0. The number of carboxylic acids is 1. The molecule has 1 aromatic carbocycles. The fourth-order valence-corrected chi connectivity index (χ4v) is 2.82. The zero-order chi connectivity index (χ0) is 19.4. The Labute approximate surface area is 149 Å². The van der Waals surface area contributed by atoms with Crippen LogP contribution in [-0.2, 0) is 14.4 Å². The topological polar surface area (TPSA) is 81.2 Å². The minimum Gasteiger partial charge on any atom is -0.480 e. The third-order valence-corrected chi connectivity index (χ3v) is 4.13. The number of carboxylic acid groups (broad SMARTS) is 1.